The van der Waals surface area contributed by atoms with Crippen LogP contribution in [0.1, 0.15) is 5.69 Å². The highest BCUT2D eigenvalue weighted by Crippen LogP contribution is 2.33. The second-order valence-corrected chi connectivity index (χ2v) is 10.00. The highest BCUT2D eigenvalue weighted by Gasteiger charge is 2.32. The van der Waals surface area contributed by atoms with Crippen molar-refractivity contribution in [3.05, 3.63) is 48.0 Å². The third kappa shape index (κ3) is 4.33. The van der Waals surface area contributed by atoms with Crippen LogP contribution in [0.15, 0.2) is 36.5 Å². The number of ether oxygens (including phenoxy) is 2. The Morgan fingerprint density at radius 1 is 0.892 bits per heavy atom. The molecule has 4 aromatic rings. The Balaban J connectivity index is 1.22. The minimum atomic E-state index is -0.337. The molecule has 0 aliphatic carbocycles. The summed E-state index contributed by atoms with van der Waals surface area (Å²) in [5.74, 6) is 0.783. The van der Waals surface area contributed by atoms with Crippen molar-refractivity contribution in [3.8, 4) is 11.4 Å². The minimum absolute atomic E-state index is 0.337. The molecule has 3 aromatic heterocycles. The number of aromatic amines is 1. The third-order valence-electron chi connectivity index (χ3n) is 7.68. The van der Waals surface area contributed by atoms with Crippen LogP contribution in [0, 0.1) is 5.82 Å². The van der Waals surface area contributed by atoms with Crippen LogP contribution in [0.2, 0.25) is 0 Å². The standard InChI is InChI=1S/C27H30FN7O2/c28-21-2-4-22-20(5-6-29-22)24(21)26-31-23-3-1-18(15-33-16-19(17-33)34-7-11-36-12-8-34)30-25(23)27(32-26)35-9-13-37-14-10-35/h1-6,19,29H,7-17H2. The van der Waals surface area contributed by atoms with Crippen LogP contribution < -0.4 is 4.90 Å². The molecule has 0 saturated carbocycles. The molecule has 3 aliphatic heterocycles. The van der Waals surface area contributed by atoms with Gasteiger partial charge < -0.3 is 19.4 Å². The topological polar surface area (TPSA) is 82.6 Å². The van der Waals surface area contributed by atoms with Gasteiger partial charge in [-0.25, -0.2) is 19.3 Å². The fourth-order valence-electron chi connectivity index (χ4n) is 5.64. The summed E-state index contributed by atoms with van der Waals surface area (Å²) in [4.78, 5) is 25.1. The van der Waals surface area contributed by atoms with E-state index < -0.39 is 0 Å². The summed E-state index contributed by atoms with van der Waals surface area (Å²) in [7, 11) is 0. The fraction of sp³-hybridized carbons (Fsp3) is 0.444. The lowest BCUT2D eigenvalue weighted by atomic mass is 10.1. The predicted octanol–water partition coefficient (Wildman–Crippen LogP) is 2.67. The van der Waals surface area contributed by atoms with Crippen molar-refractivity contribution in [3.63, 3.8) is 0 Å². The van der Waals surface area contributed by atoms with Crippen LogP contribution in [0.5, 0.6) is 0 Å². The van der Waals surface area contributed by atoms with E-state index in [2.05, 4.69) is 19.7 Å². The number of pyridine rings is 1. The predicted molar refractivity (Wildman–Crippen MR) is 139 cm³/mol. The Hall–Kier alpha value is -3.18. The van der Waals surface area contributed by atoms with Gasteiger partial charge in [0.05, 0.1) is 43.2 Å². The number of hydrogen-bond acceptors (Lipinski definition) is 8. The average Bonchev–Trinajstić information content (AvgIpc) is 3.39. The molecule has 0 spiro atoms. The Bertz CT molecular complexity index is 1430. The number of rotatable bonds is 5. The first-order chi connectivity index (χ1) is 18.2. The molecule has 0 atom stereocenters. The van der Waals surface area contributed by atoms with Crippen LogP contribution in [0.4, 0.5) is 10.2 Å². The van der Waals surface area contributed by atoms with Gasteiger partial charge in [-0.15, -0.1) is 0 Å². The van der Waals surface area contributed by atoms with Gasteiger partial charge in [0.25, 0.3) is 0 Å². The minimum Gasteiger partial charge on any atom is -0.379 e. The second-order valence-electron chi connectivity index (χ2n) is 10.00. The molecule has 0 bridgehead atoms. The van der Waals surface area contributed by atoms with Gasteiger partial charge in [-0.2, -0.15) is 0 Å². The molecule has 9 nitrogen and oxygen atoms in total. The van der Waals surface area contributed by atoms with Crippen LogP contribution in [0.3, 0.4) is 0 Å². The molecule has 3 fully saturated rings. The fourth-order valence-corrected chi connectivity index (χ4v) is 5.64. The first kappa shape index (κ1) is 23.0. The molecule has 1 N–H and O–H groups in total. The van der Waals surface area contributed by atoms with Crippen LogP contribution in [-0.2, 0) is 16.0 Å². The molecule has 0 unspecified atom stereocenters. The lowest BCUT2D eigenvalue weighted by Gasteiger charge is -2.46. The van der Waals surface area contributed by atoms with Crippen molar-refractivity contribution >= 4 is 27.8 Å². The van der Waals surface area contributed by atoms with E-state index in [4.69, 9.17) is 24.4 Å². The van der Waals surface area contributed by atoms with E-state index in [1.54, 1.807) is 6.07 Å². The van der Waals surface area contributed by atoms with Gasteiger partial charge in [-0.1, -0.05) is 0 Å². The Morgan fingerprint density at radius 3 is 2.49 bits per heavy atom. The lowest BCUT2D eigenvalue weighted by molar-refractivity contribution is -0.0347. The monoisotopic (exact) mass is 503 g/mol. The molecule has 6 heterocycles. The summed E-state index contributed by atoms with van der Waals surface area (Å²) < 4.78 is 26.2. The van der Waals surface area contributed by atoms with Crippen LogP contribution in [-0.4, -0.2) is 101 Å². The zero-order valence-electron chi connectivity index (χ0n) is 20.7. The number of fused-ring (bicyclic) bond motifs is 2. The normalized spacial score (nSPS) is 20.1. The molecule has 37 heavy (non-hydrogen) atoms. The van der Waals surface area contributed by atoms with Crippen molar-refractivity contribution in [1.29, 1.82) is 0 Å². The average molecular weight is 504 g/mol. The maximum atomic E-state index is 15.1. The number of H-pyrrole nitrogens is 1. The smallest absolute Gasteiger partial charge is 0.165 e. The number of likely N-dealkylation sites (tertiary alicyclic amines) is 1. The highest BCUT2D eigenvalue weighted by atomic mass is 19.1. The largest absolute Gasteiger partial charge is 0.379 e. The Kier molecular flexibility index (Phi) is 5.96. The number of aromatic nitrogens is 4. The van der Waals surface area contributed by atoms with E-state index >= 15 is 4.39 Å². The van der Waals surface area contributed by atoms with E-state index in [0.717, 1.165) is 79.4 Å². The summed E-state index contributed by atoms with van der Waals surface area (Å²) >= 11 is 0. The van der Waals surface area contributed by atoms with Gasteiger partial charge >= 0.3 is 0 Å². The van der Waals surface area contributed by atoms with E-state index in [-0.39, 0.29) is 5.82 Å². The number of nitrogens with zero attached hydrogens (tertiary/aromatic N) is 6. The zero-order chi connectivity index (χ0) is 24.8. The molecule has 192 valence electrons. The van der Waals surface area contributed by atoms with Gasteiger partial charge in [-0.05, 0) is 30.3 Å². The van der Waals surface area contributed by atoms with Gasteiger partial charge in [-0.3, -0.25) is 9.80 Å². The quantitative estimate of drug-likeness (QED) is 0.445. The summed E-state index contributed by atoms with van der Waals surface area (Å²) in [6.45, 7) is 9.25. The molecule has 7 rings (SSSR count). The Labute approximate surface area is 214 Å². The van der Waals surface area contributed by atoms with Gasteiger partial charge in [0.1, 0.15) is 11.3 Å². The lowest BCUT2D eigenvalue weighted by Crippen LogP contribution is -2.60. The SMILES string of the molecule is Fc1ccc2[nH]ccc2c1-c1nc(N2CCOCC2)c2nc(CN3CC(N4CCOCC4)C3)ccc2n1. The molecule has 0 radical (unpaired) electrons. The van der Waals surface area contributed by atoms with E-state index in [9.17, 15) is 0 Å². The second kappa shape index (κ2) is 9.60. The van der Waals surface area contributed by atoms with E-state index in [1.165, 1.54) is 6.07 Å². The molecule has 0 amide bonds. The van der Waals surface area contributed by atoms with E-state index in [0.29, 0.717) is 43.7 Å². The molecular weight excluding hydrogens is 473 g/mol. The maximum Gasteiger partial charge on any atom is 0.165 e. The maximum absolute atomic E-state index is 15.1. The molecule has 3 saturated heterocycles. The van der Waals surface area contributed by atoms with E-state index in [1.807, 2.05) is 24.4 Å². The molecule has 3 aliphatic rings. The van der Waals surface area contributed by atoms with Gasteiger partial charge in [0.15, 0.2) is 11.6 Å². The number of nitrogens with one attached hydrogen (secondary N) is 1. The van der Waals surface area contributed by atoms with Crippen molar-refractivity contribution < 1.29 is 13.9 Å². The molecular formula is C27H30FN7O2. The van der Waals surface area contributed by atoms with Crippen molar-refractivity contribution in [2.45, 2.75) is 12.6 Å². The number of morpholine rings is 2. The zero-order valence-corrected chi connectivity index (χ0v) is 20.7. The number of anilines is 1. The van der Waals surface area contributed by atoms with Crippen LogP contribution >= 0.6 is 0 Å². The van der Waals surface area contributed by atoms with Gasteiger partial charge in [0, 0.05) is 69.0 Å². The summed E-state index contributed by atoms with van der Waals surface area (Å²) in [6, 6.07) is 9.72. The summed E-state index contributed by atoms with van der Waals surface area (Å²) in [5.41, 5.74) is 3.74. The number of hydrogen-bond donors (Lipinski definition) is 1. The van der Waals surface area contributed by atoms with Crippen molar-refractivity contribution in [2.75, 3.05) is 70.6 Å². The van der Waals surface area contributed by atoms with Crippen LogP contribution in [0.25, 0.3) is 33.3 Å². The number of benzene rings is 1. The number of halogens is 1. The van der Waals surface area contributed by atoms with Crippen molar-refractivity contribution in [2.24, 2.45) is 0 Å². The first-order valence-electron chi connectivity index (χ1n) is 13.0. The Morgan fingerprint density at radius 2 is 1.68 bits per heavy atom. The third-order valence-corrected chi connectivity index (χ3v) is 7.68. The highest BCUT2D eigenvalue weighted by molar-refractivity contribution is 5.96. The molecule has 10 heteroatoms. The first-order valence-corrected chi connectivity index (χ1v) is 13.0. The summed E-state index contributed by atoms with van der Waals surface area (Å²) in [5, 5.41) is 0.768. The molecule has 1 aromatic carbocycles. The van der Waals surface area contributed by atoms with Crippen molar-refractivity contribution in [1.82, 2.24) is 29.7 Å². The summed E-state index contributed by atoms with van der Waals surface area (Å²) in [6.07, 6.45) is 1.81. The van der Waals surface area contributed by atoms with Gasteiger partial charge in [0.2, 0.25) is 0 Å².